The Balaban J connectivity index is 0.00000361. The second-order valence-corrected chi connectivity index (χ2v) is 5.19. The lowest BCUT2D eigenvalue weighted by Gasteiger charge is -2.25. The van der Waals surface area contributed by atoms with E-state index in [4.69, 9.17) is 5.73 Å². The highest BCUT2D eigenvalue weighted by Gasteiger charge is 2.28. The van der Waals surface area contributed by atoms with Crippen LogP contribution >= 0.6 is 12.4 Å². The van der Waals surface area contributed by atoms with E-state index in [1.807, 2.05) is 20.8 Å². The van der Waals surface area contributed by atoms with Gasteiger partial charge in [0.1, 0.15) is 12.2 Å². The molecule has 114 valence electrons. The van der Waals surface area contributed by atoms with Crippen LogP contribution in [-0.4, -0.2) is 40.2 Å². The van der Waals surface area contributed by atoms with Crippen LogP contribution in [0.25, 0.3) is 0 Å². The Labute approximate surface area is 123 Å². The number of ether oxygens (including phenoxy) is 1. The molecule has 8 nitrogen and oxygen atoms in total. The molecule has 0 aromatic carbocycles. The van der Waals surface area contributed by atoms with Crippen molar-refractivity contribution in [3.8, 4) is 0 Å². The second kappa shape index (κ2) is 7.20. The highest BCUT2D eigenvalue weighted by atomic mass is 35.5. The van der Waals surface area contributed by atoms with Crippen molar-refractivity contribution >= 4 is 30.2 Å². The summed E-state index contributed by atoms with van der Waals surface area (Å²) >= 11 is 0. The number of aromatic nitrogens is 3. The molecule has 0 spiro atoms. The standard InChI is InChI=1S/C11H19N5O3.ClH/c1-11(2,3)8(12)9(18)14-10-13-6(15-16-10)5-7(17)19-4;/h8H,5,12H2,1-4H3,(H2,13,14,15,16,18);1H/t8-;/m1./s1. The normalized spacial score (nSPS) is 12.2. The number of hydrogen-bond donors (Lipinski definition) is 3. The number of anilines is 1. The van der Waals surface area contributed by atoms with Crippen LogP contribution in [-0.2, 0) is 20.7 Å². The van der Waals surface area contributed by atoms with Gasteiger partial charge in [-0.1, -0.05) is 20.8 Å². The van der Waals surface area contributed by atoms with E-state index in [-0.39, 0.29) is 36.1 Å². The van der Waals surface area contributed by atoms with E-state index in [1.165, 1.54) is 7.11 Å². The number of methoxy groups -OCH3 is 1. The Morgan fingerprint density at radius 2 is 2.05 bits per heavy atom. The third kappa shape index (κ3) is 5.14. The summed E-state index contributed by atoms with van der Waals surface area (Å²) in [6.07, 6.45) is -0.0370. The molecule has 1 heterocycles. The van der Waals surface area contributed by atoms with Crippen LogP contribution < -0.4 is 11.1 Å². The molecule has 1 atom stereocenters. The van der Waals surface area contributed by atoms with E-state index < -0.39 is 12.0 Å². The number of rotatable bonds is 4. The van der Waals surface area contributed by atoms with Gasteiger partial charge in [0.15, 0.2) is 0 Å². The Hall–Kier alpha value is -1.67. The molecular formula is C11H20ClN5O3. The fourth-order valence-corrected chi connectivity index (χ4v) is 1.22. The second-order valence-electron chi connectivity index (χ2n) is 5.19. The van der Waals surface area contributed by atoms with Crippen LogP contribution in [0, 0.1) is 5.41 Å². The van der Waals surface area contributed by atoms with Crippen LogP contribution in [0.3, 0.4) is 0 Å². The third-order valence-corrected chi connectivity index (χ3v) is 2.52. The quantitative estimate of drug-likeness (QED) is 0.685. The summed E-state index contributed by atoms with van der Waals surface area (Å²) in [4.78, 5) is 26.8. The van der Waals surface area contributed by atoms with Gasteiger partial charge >= 0.3 is 5.97 Å². The number of nitrogens with zero attached hydrogens (tertiary/aromatic N) is 2. The van der Waals surface area contributed by atoms with Crippen molar-refractivity contribution in [3.05, 3.63) is 5.82 Å². The molecule has 20 heavy (non-hydrogen) atoms. The van der Waals surface area contributed by atoms with Crippen LogP contribution in [0.1, 0.15) is 26.6 Å². The maximum Gasteiger partial charge on any atom is 0.313 e. The van der Waals surface area contributed by atoms with Gasteiger partial charge in [-0.3, -0.25) is 20.0 Å². The molecule has 1 rings (SSSR count). The van der Waals surface area contributed by atoms with Crippen molar-refractivity contribution in [3.63, 3.8) is 0 Å². The third-order valence-electron chi connectivity index (χ3n) is 2.52. The fraction of sp³-hybridized carbons (Fsp3) is 0.636. The summed E-state index contributed by atoms with van der Waals surface area (Å²) in [6.45, 7) is 5.58. The van der Waals surface area contributed by atoms with Crippen molar-refractivity contribution in [1.29, 1.82) is 0 Å². The highest BCUT2D eigenvalue weighted by Crippen LogP contribution is 2.18. The van der Waals surface area contributed by atoms with Crippen molar-refractivity contribution in [2.75, 3.05) is 12.4 Å². The Morgan fingerprint density at radius 1 is 1.45 bits per heavy atom. The number of H-pyrrole nitrogens is 1. The summed E-state index contributed by atoms with van der Waals surface area (Å²) in [6, 6.07) is -0.685. The SMILES string of the molecule is COC(=O)Cc1nc(NC(=O)[C@@H](N)C(C)(C)C)n[nH]1.Cl. The number of carbonyl (C=O) groups is 2. The maximum absolute atomic E-state index is 11.8. The van der Waals surface area contributed by atoms with E-state index in [0.29, 0.717) is 5.82 Å². The number of halogens is 1. The smallest absolute Gasteiger partial charge is 0.313 e. The lowest BCUT2D eigenvalue weighted by molar-refractivity contribution is -0.139. The first kappa shape index (κ1) is 18.3. The molecule has 1 aromatic rings. The maximum atomic E-state index is 11.8. The summed E-state index contributed by atoms with van der Waals surface area (Å²) in [5.41, 5.74) is 5.43. The molecule has 0 aliphatic heterocycles. The van der Waals surface area contributed by atoms with Crippen molar-refractivity contribution in [2.45, 2.75) is 33.2 Å². The first-order valence-corrected chi connectivity index (χ1v) is 5.78. The Bertz CT molecular complexity index is 469. The van der Waals surface area contributed by atoms with Gasteiger partial charge < -0.3 is 10.5 Å². The zero-order valence-electron chi connectivity index (χ0n) is 11.9. The molecule has 0 radical (unpaired) electrons. The van der Waals surface area contributed by atoms with Crippen LogP contribution in [0.2, 0.25) is 0 Å². The van der Waals surface area contributed by atoms with Crippen LogP contribution in [0.4, 0.5) is 5.95 Å². The van der Waals surface area contributed by atoms with Crippen molar-refractivity contribution in [1.82, 2.24) is 15.2 Å². The lowest BCUT2D eigenvalue weighted by atomic mass is 9.87. The molecule has 1 amide bonds. The van der Waals surface area contributed by atoms with Gasteiger partial charge in [-0.05, 0) is 5.41 Å². The lowest BCUT2D eigenvalue weighted by Crippen LogP contribution is -2.45. The number of esters is 1. The molecule has 0 saturated carbocycles. The van der Waals surface area contributed by atoms with Gasteiger partial charge in [0.05, 0.1) is 13.2 Å². The monoisotopic (exact) mass is 305 g/mol. The first-order chi connectivity index (χ1) is 8.74. The molecule has 4 N–H and O–H groups in total. The van der Waals surface area contributed by atoms with E-state index in [2.05, 4.69) is 25.2 Å². The summed E-state index contributed by atoms with van der Waals surface area (Å²) in [5.74, 6) is -0.424. The van der Waals surface area contributed by atoms with E-state index in [9.17, 15) is 9.59 Å². The Morgan fingerprint density at radius 3 is 2.55 bits per heavy atom. The van der Waals surface area contributed by atoms with Gasteiger partial charge in [0.2, 0.25) is 11.9 Å². The zero-order chi connectivity index (χ0) is 14.6. The highest BCUT2D eigenvalue weighted by molar-refractivity contribution is 5.93. The van der Waals surface area contributed by atoms with Crippen LogP contribution in [0.5, 0.6) is 0 Å². The number of nitrogens with two attached hydrogens (primary N) is 1. The van der Waals surface area contributed by atoms with Gasteiger partial charge in [-0.15, -0.1) is 17.5 Å². The van der Waals surface area contributed by atoms with Gasteiger partial charge in [0.25, 0.3) is 0 Å². The molecule has 0 saturated heterocycles. The molecule has 9 heteroatoms. The average molecular weight is 306 g/mol. The molecule has 0 fully saturated rings. The van der Waals surface area contributed by atoms with Gasteiger partial charge in [0, 0.05) is 0 Å². The number of hydrogen-bond acceptors (Lipinski definition) is 6. The van der Waals surface area contributed by atoms with Crippen molar-refractivity contribution < 1.29 is 14.3 Å². The molecule has 0 aliphatic carbocycles. The van der Waals surface area contributed by atoms with E-state index in [0.717, 1.165) is 0 Å². The Kier molecular flexibility index (Phi) is 6.60. The minimum absolute atomic E-state index is 0. The zero-order valence-corrected chi connectivity index (χ0v) is 12.7. The first-order valence-electron chi connectivity index (χ1n) is 5.78. The predicted octanol–water partition coefficient (Wildman–Crippen LogP) is 0.254. The summed E-state index contributed by atoms with van der Waals surface area (Å²) in [5, 5.41) is 8.80. The van der Waals surface area contributed by atoms with Gasteiger partial charge in [-0.2, -0.15) is 4.98 Å². The number of aromatic amines is 1. The minimum atomic E-state index is -0.685. The van der Waals surface area contributed by atoms with E-state index in [1.54, 1.807) is 0 Å². The average Bonchev–Trinajstić information content (AvgIpc) is 2.73. The molecule has 0 bridgehead atoms. The molecular weight excluding hydrogens is 286 g/mol. The number of amides is 1. The van der Waals surface area contributed by atoms with Crippen LogP contribution in [0.15, 0.2) is 0 Å². The molecule has 1 aromatic heterocycles. The predicted molar refractivity (Wildman–Crippen MR) is 75.4 cm³/mol. The van der Waals surface area contributed by atoms with E-state index >= 15 is 0 Å². The minimum Gasteiger partial charge on any atom is -0.469 e. The summed E-state index contributed by atoms with van der Waals surface area (Å²) < 4.78 is 4.49. The summed E-state index contributed by atoms with van der Waals surface area (Å²) in [7, 11) is 1.28. The molecule has 0 unspecified atom stereocenters. The topological polar surface area (TPSA) is 123 Å². The molecule has 0 aliphatic rings. The van der Waals surface area contributed by atoms with Crippen molar-refractivity contribution in [2.24, 2.45) is 11.1 Å². The fourth-order valence-electron chi connectivity index (χ4n) is 1.22. The number of carbonyl (C=O) groups excluding carboxylic acids is 2. The van der Waals surface area contributed by atoms with Gasteiger partial charge in [-0.25, -0.2) is 0 Å². The largest absolute Gasteiger partial charge is 0.469 e. The number of nitrogens with one attached hydrogen (secondary N) is 2.